The van der Waals surface area contributed by atoms with E-state index in [1.54, 1.807) is 0 Å². The Labute approximate surface area is 190 Å². The molecule has 4 heterocycles. The zero-order valence-corrected chi connectivity index (χ0v) is 18.6. The van der Waals surface area contributed by atoms with Crippen LogP contribution >= 0.6 is 0 Å². The fraction of sp³-hybridized carbons (Fsp3) is 0.500. The number of hydrogen-bond donors (Lipinski definition) is 5. The van der Waals surface area contributed by atoms with Gasteiger partial charge in [-0.1, -0.05) is 12.1 Å². The summed E-state index contributed by atoms with van der Waals surface area (Å²) < 4.78 is 13.9. The van der Waals surface area contributed by atoms with Crippen molar-refractivity contribution in [1.82, 2.24) is 24.8 Å². The van der Waals surface area contributed by atoms with Gasteiger partial charge in [0.05, 0.1) is 12.6 Å². The average Bonchev–Trinajstić information content (AvgIpc) is 3.34. The zero-order chi connectivity index (χ0) is 23.5. The first-order valence-electron chi connectivity index (χ1n) is 10.9. The molecular weight excluding hydrogens is 428 g/mol. The summed E-state index contributed by atoms with van der Waals surface area (Å²) in [5.74, 6) is -0.638. The molecule has 1 fully saturated rings. The lowest BCUT2D eigenvalue weighted by Crippen LogP contribution is -2.63. The normalized spacial score (nSPS) is 31.5. The van der Waals surface area contributed by atoms with E-state index in [2.05, 4.69) is 26.3 Å². The Bertz CT molecular complexity index is 1200. The maximum atomic E-state index is 11.2. The van der Waals surface area contributed by atoms with Crippen molar-refractivity contribution in [1.29, 1.82) is 0 Å². The number of nitrogens with zero attached hydrogens (tertiary/aromatic N) is 4. The Morgan fingerprint density at radius 1 is 1.24 bits per heavy atom. The lowest BCUT2D eigenvalue weighted by molar-refractivity contribution is -0.178. The first-order chi connectivity index (χ1) is 15.8. The highest BCUT2D eigenvalue weighted by Crippen LogP contribution is 2.39. The second-order valence-corrected chi connectivity index (χ2v) is 8.79. The van der Waals surface area contributed by atoms with Gasteiger partial charge in [0.15, 0.2) is 11.5 Å². The number of benzene rings is 1. The molecule has 0 aliphatic carbocycles. The van der Waals surface area contributed by atoms with Crippen molar-refractivity contribution in [3.8, 4) is 5.75 Å². The molecule has 0 radical (unpaired) electrons. The van der Waals surface area contributed by atoms with Crippen LogP contribution in [0, 0.1) is 13.8 Å². The number of nitrogens with two attached hydrogens (primary N) is 1. The number of rotatable bonds is 4. The Morgan fingerprint density at radius 2 is 2.03 bits per heavy atom. The molecule has 2 unspecified atom stereocenters. The molecule has 0 bridgehead atoms. The smallest absolute Gasteiger partial charge is 0.234 e. The van der Waals surface area contributed by atoms with Crippen LogP contribution in [-0.2, 0) is 17.0 Å². The number of fused-ring (bicyclic) bond motifs is 2. The van der Waals surface area contributed by atoms with Gasteiger partial charge in [-0.3, -0.25) is 9.88 Å². The molecule has 2 aliphatic rings. The van der Waals surface area contributed by atoms with Crippen LogP contribution in [0.4, 0.5) is 5.82 Å². The van der Waals surface area contributed by atoms with Crippen LogP contribution in [0.3, 0.4) is 0 Å². The van der Waals surface area contributed by atoms with Gasteiger partial charge in [0.2, 0.25) is 5.85 Å². The third kappa shape index (κ3) is 3.27. The number of hydrogen-bond acceptors (Lipinski definition) is 10. The van der Waals surface area contributed by atoms with Crippen LogP contribution in [0.2, 0.25) is 0 Å². The molecule has 5 rings (SSSR count). The lowest BCUT2D eigenvalue weighted by atomic mass is 9.93. The lowest BCUT2D eigenvalue weighted by Gasteiger charge is -2.41. The predicted molar refractivity (Wildman–Crippen MR) is 118 cm³/mol. The Balaban J connectivity index is 1.59. The molecule has 0 spiro atoms. The maximum absolute atomic E-state index is 11.2. The second-order valence-electron chi connectivity index (χ2n) is 8.79. The minimum Gasteiger partial charge on any atom is -0.489 e. The van der Waals surface area contributed by atoms with Crippen LogP contribution in [0.5, 0.6) is 5.75 Å². The topological polar surface area (TPSA) is 161 Å². The summed E-state index contributed by atoms with van der Waals surface area (Å²) in [4.78, 5) is 12.5. The SMILES string of the molecule is Cc1ccc2c(c1C)OC(C)C(N[C@@]1(n3cnc4c(N)ncnc43)O[C@H](CO)[C@@H](O)[C@H]1O)C2. The van der Waals surface area contributed by atoms with E-state index >= 15 is 0 Å². The van der Waals surface area contributed by atoms with Gasteiger partial charge in [-0.15, -0.1) is 0 Å². The molecule has 1 saturated heterocycles. The fourth-order valence-electron chi connectivity index (χ4n) is 4.71. The molecule has 1 aromatic carbocycles. The first-order valence-corrected chi connectivity index (χ1v) is 10.9. The van der Waals surface area contributed by atoms with Gasteiger partial charge in [0.25, 0.3) is 0 Å². The third-order valence-electron chi connectivity index (χ3n) is 6.80. The summed E-state index contributed by atoms with van der Waals surface area (Å²) in [7, 11) is 0. The maximum Gasteiger partial charge on any atom is 0.234 e. The van der Waals surface area contributed by atoms with E-state index in [9.17, 15) is 15.3 Å². The van der Waals surface area contributed by atoms with E-state index in [-0.39, 0.29) is 18.0 Å². The number of aryl methyl sites for hydroxylation is 1. The number of aliphatic hydroxyl groups excluding tert-OH is 3. The highest BCUT2D eigenvalue weighted by atomic mass is 16.6. The zero-order valence-electron chi connectivity index (χ0n) is 18.6. The molecule has 2 aliphatic heterocycles. The van der Waals surface area contributed by atoms with E-state index in [1.807, 2.05) is 26.8 Å². The van der Waals surface area contributed by atoms with E-state index < -0.39 is 30.8 Å². The Morgan fingerprint density at radius 3 is 2.76 bits per heavy atom. The molecule has 176 valence electrons. The predicted octanol–water partition coefficient (Wildman–Crippen LogP) is -0.270. The number of nitrogens with one attached hydrogen (secondary N) is 1. The monoisotopic (exact) mass is 456 g/mol. The Kier molecular flexibility index (Phi) is 5.26. The summed E-state index contributed by atoms with van der Waals surface area (Å²) in [5, 5.41) is 35.0. The molecule has 6 atom stereocenters. The summed E-state index contributed by atoms with van der Waals surface area (Å²) in [6.07, 6.45) is -0.800. The van der Waals surface area contributed by atoms with Crippen LogP contribution in [0.25, 0.3) is 11.2 Å². The second kappa shape index (κ2) is 7.89. The molecule has 33 heavy (non-hydrogen) atoms. The van der Waals surface area contributed by atoms with Gasteiger partial charge in [-0.25, -0.2) is 15.0 Å². The standard InChI is InChI=1S/C22H28N6O5/c1-10-4-5-13-6-14(12(3)32-18(13)11(10)2)27-22(19(31)17(30)15(7-29)33-22)28-9-26-16-20(23)24-8-25-21(16)28/h4-5,8-9,12,14-15,17,19,27,29-31H,6-7H2,1-3H3,(H2,23,24,25)/t12?,14?,15-,17-,19-,22+/m1/s1. The molecule has 11 heteroatoms. The number of ether oxygens (including phenoxy) is 2. The minimum atomic E-state index is -1.68. The van der Waals surface area contributed by atoms with Crippen molar-refractivity contribution in [2.45, 2.75) is 63.5 Å². The van der Waals surface area contributed by atoms with Gasteiger partial charge in [0.1, 0.15) is 48.3 Å². The molecule has 6 N–H and O–H groups in total. The van der Waals surface area contributed by atoms with Crippen molar-refractivity contribution >= 4 is 17.0 Å². The van der Waals surface area contributed by atoms with Crippen molar-refractivity contribution in [2.75, 3.05) is 12.3 Å². The molecule has 0 saturated carbocycles. The van der Waals surface area contributed by atoms with Crippen molar-refractivity contribution in [2.24, 2.45) is 0 Å². The minimum absolute atomic E-state index is 0.176. The van der Waals surface area contributed by atoms with Crippen molar-refractivity contribution in [3.05, 3.63) is 41.5 Å². The van der Waals surface area contributed by atoms with E-state index in [0.29, 0.717) is 17.6 Å². The summed E-state index contributed by atoms with van der Waals surface area (Å²) in [6.45, 7) is 5.52. The Hall–Kier alpha value is -2.83. The number of anilines is 1. The van der Waals surface area contributed by atoms with E-state index in [4.69, 9.17) is 15.2 Å². The van der Waals surface area contributed by atoms with Crippen molar-refractivity contribution < 1.29 is 24.8 Å². The van der Waals surface area contributed by atoms with E-state index in [1.165, 1.54) is 17.2 Å². The van der Waals surface area contributed by atoms with Crippen LogP contribution in [-0.4, -0.2) is 71.9 Å². The van der Waals surface area contributed by atoms with Crippen LogP contribution in [0.1, 0.15) is 23.6 Å². The first kappa shape index (κ1) is 22.0. The van der Waals surface area contributed by atoms with Gasteiger partial charge < -0.3 is 30.5 Å². The largest absolute Gasteiger partial charge is 0.489 e. The highest BCUT2D eigenvalue weighted by Gasteiger charge is 2.57. The molecule has 11 nitrogen and oxygen atoms in total. The summed E-state index contributed by atoms with van der Waals surface area (Å²) >= 11 is 0. The highest BCUT2D eigenvalue weighted by molar-refractivity contribution is 5.81. The molecular formula is C22H28N6O5. The number of aromatic nitrogens is 4. The van der Waals surface area contributed by atoms with Gasteiger partial charge in [-0.2, -0.15) is 0 Å². The fourth-order valence-corrected chi connectivity index (χ4v) is 4.71. The van der Waals surface area contributed by atoms with E-state index in [0.717, 1.165) is 22.4 Å². The number of aliphatic hydroxyl groups is 3. The average molecular weight is 457 g/mol. The van der Waals surface area contributed by atoms with Gasteiger partial charge in [0, 0.05) is 0 Å². The number of nitrogen functional groups attached to an aromatic ring is 1. The third-order valence-corrected chi connectivity index (χ3v) is 6.80. The molecule has 3 aromatic rings. The molecule has 2 aromatic heterocycles. The van der Waals surface area contributed by atoms with Crippen molar-refractivity contribution in [3.63, 3.8) is 0 Å². The number of imidazole rings is 1. The summed E-state index contributed by atoms with van der Waals surface area (Å²) in [6, 6.07) is 3.77. The quantitative estimate of drug-likeness (QED) is 0.353. The summed E-state index contributed by atoms with van der Waals surface area (Å²) in [5.41, 5.74) is 9.87. The van der Waals surface area contributed by atoms with Crippen LogP contribution in [0.15, 0.2) is 24.8 Å². The molecule has 0 amide bonds. The van der Waals surface area contributed by atoms with Gasteiger partial charge in [-0.05, 0) is 43.9 Å². The van der Waals surface area contributed by atoms with Crippen LogP contribution < -0.4 is 15.8 Å². The van der Waals surface area contributed by atoms with Gasteiger partial charge >= 0.3 is 0 Å².